The summed E-state index contributed by atoms with van der Waals surface area (Å²) in [5.41, 5.74) is -7.85. The van der Waals surface area contributed by atoms with Crippen LogP contribution in [0.15, 0.2) is 42.5 Å². The molecule has 2 unspecified atom stereocenters. The van der Waals surface area contributed by atoms with Gasteiger partial charge in [0.2, 0.25) is 5.60 Å². The maximum absolute atomic E-state index is 14.3. The van der Waals surface area contributed by atoms with Crippen LogP contribution in [0.25, 0.3) is 5.70 Å². The van der Waals surface area contributed by atoms with Crippen molar-refractivity contribution in [3.8, 4) is 0 Å². The van der Waals surface area contributed by atoms with Gasteiger partial charge in [0, 0.05) is 33.6 Å². The van der Waals surface area contributed by atoms with Gasteiger partial charge in [0.15, 0.2) is 0 Å². The molecule has 3 rings (SSSR count). The number of carbonyl (C=O) groups is 1. The van der Waals surface area contributed by atoms with Crippen LogP contribution in [0.2, 0.25) is 5.02 Å². The fraction of sp³-hybridized carbons (Fsp3) is 0.304. The van der Waals surface area contributed by atoms with Gasteiger partial charge in [-0.3, -0.25) is 24.5 Å². The van der Waals surface area contributed by atoms with Crippen molar-refractivity contribution in [2.45, 2.75) is 31.1 Å². The number of amides is 1. The average Bonchev–Trinajstić information content (AvgIpc) is 3.29. The van der Waals surface area contributed by atoms with Crippen molar-refractivity contribution in [2.24, 2.45) is 5.14 Å². The third-order valence-electron chi connectivity index (χ3n) is 5.81. The van der Waals surface area contributed by atoms with E-state index in [4.69, 9.17) is 16.7 Å². The zero-order valence-corrected chi connectivity index (χ0v) is 21.8. The normalized spacial score (nSPS) is 19.5. The molecule has 0 radical (unpaired) electrons. The third-order valence-corrected chi connectivity index (χ3v) is 7.62. The molecule has 40 heavy (non-hydrogen) atoms. The number of rotatable bonds is 5. The van der Waals surface area contributed by atoms with Gasteiger partial charge in [0.1, 0.15) is 0 Å². The highest BCUT2D eigenvalue weighted by atomic mass is 35.5. The van der Waals surface area contributed by atoms with Gasteiger partial charge in [-0.05, 0) is 36.4 Å². The van der Waals surface area contributed by atoms with Crippen molar-refractivity contribution >= 4 is 44.0 Å². The first-order chi connectivity index (χ1) is 18.1. The Labute approximate surface area is 226 Å². The predicted octanol–water partition coefficient (Wildman–Crippen LogP) is 5.65. The first-order valence-corrected chi connectivity index (χ1v) is 13.1. The number of halogens is 10. The maximum atomic E-state index is 14.3. The molecule has 1 heterocycles. The van der Waals surface area contributed by atoms with E-state index in [1.165, 1.54) is 20.0 Å². The molecule has 0 aromatic heterocycles. The van der Waals surface area contributed by atoms with E-state index in [2.05, 4.69) is 4.84 Å². The molecule has 6 nitrogen and oxygen atoms in total. The van der Waals surface area contributed by atoms with Crippen molar-refractivity contribution in [3.63, 3.8) is 0 Å². The monoisotopic (exact) mass is 623 g/mol. The van der Waals surface area contributed by atoms with Crippen LogP contribution in [0.4, 0.5) is 45.2 Å². The van der Waals surface area contributed by atoms with Gasteiger partial charge < -0.3 is 4.90 Å². The summed E-state index contributed by atoms with van der Waals surface area (Å²) in [6.45, 7) is 1.49. The summed E-state index contributed by atoms with van der Waals surface area (Å²) in [7, 11) is -1.82. The highest BCUT2D eigenvalue weighted by molar-refractivity contribution is 8.00. The first kappa shape index (κ1) is 31.6. The molecule has 2 aromatic rings. The van der Waals surface area contributed by atoms with Crippen LogP contribution < -0.4 is 15.5 Å². The summed E-state index contributed by atoms with van der Waals surface area (Å²) in [6.07, 6.45) is -16.1. The molecule has 3 N–H and O–H groups in total. The van der Waals surface area contributed by atoms with Crippen LogP contribution in [-0.4, -0.2) is 34.5 Å². The lowest BCUT2D eigenvalue weighted by Gasteiger charge is -2.29. The largest absolute Gasteiger partial charge is 0.428 e. The molecule has 1 amide bonds. The Bertz CT molecular complexity index is 1450. The van der Waals surface area contributed by atoms with Crippen molar-refractivity contribution in [2.75, 3.05) is 17.7 Å². The van der Waals surface area contributed by atoms with Gasteiger partial charge in [-0.1, -0.05) is 24.6 Å². The molecule has 220 valence electrons. The van der Waals surface area contributed by atoms with Crippen molar-refractivity contribution in [1.82, 2.24) is 5.48 Å². The van der Waals surface area contributed by atoms with Crippen LogP contribution >= 0.6 is 11.6 Å². The molecule has 0 spiro atoms. The summed E-state index contributed by atoms with van der Waals surface area (Å²) in [6, 6.07) is 2.95. The Hall–Kier alpha value is -2.95. The number of hydroxylamine groups is 1. The lowest BCUT2D eigenvalue weighted by molar-refractivity contribution is -0.269. The van der Waals surface area contributed by atoms with Gasteiger partial charge in [0.25, 0.3) is 5.91 Å². The van der Waals surface area contributed by atoms with Crippen LogP contribution in [0, 0.1) is 0 Å². The standard InChI is InChI=1S/C23H19ClF9N3O3S/c1-3-40(34,38)11-19(37)36(2)18-5-4-12(6-16(18)24)17-10-20(39-35-17,23(31,32)33)13-7-14(21(25,26)27)9-15(8-13)22(28,29)30/h4-11,35H,3H2,1-2H3,(H2,34,38). The van der Waals surface area contributed by atoms with Gasteiger partial charge in [-0.2, -0.15) is 39.5 Å². The first-order valence-electron chi connectivity index (χ1n) is 10.9. The average molecular weight is 624 g/mol. The van der Waals surface area contributed by atoms with Gasteiger partial charge in [-0.25, -0.2) is 0 Å². The molecular weight excluding hydrogens is 605 g/mol. The molecule has 17 heteroatoms. The molecule has 2 atom stereocenters. The number of carbonyl (C=O) groups excluding carboxylic acids is 1. The summed E-state index contributed by atoms with van der Waals surface area (Å²) in [5.74, 6) is -0.831. The minimum absolute atomic E-state index is 0.0206. The number of nitrogens with one attached hydrogen (secondary N) is 1. The number of benzene rings is 2. The molecular formula is C23H19ClF9N3O3S. The van der Waals surface area contributed by atoms with Crippen LogP contribution in [0.3, 0.4) is 0 Å². The van der Waals surface area contributed by atoms with Gasteiger partial charge >= 0.3 is 18.5 Å². The number of alkyl halides is 9. The van der Waals surface area contributed by atoms with Crippen LogP contribution in [0.1, 0.15) is 29.2 Å². The highest BCUT2D eigenvalue weighted by Crippen LogP contribution is 2.49. The summed E-state index contributed by atoms with van der Waals surface area (Å²) >= 11 is 6.19. The van der Waals surface area contributed by atoms with E-state index in [-0.39, 0.29) is 46.3 Å². The second-order valence-corrected chi connectivity index (χ2v) is 11.3. The molecule has 0 bridgehead atoms. The summed E-state index contributed by atoms with van der Waals surface area (Å²) in [4.78, 5) is 18.0. The molecule has 0 fully saturated rings. The second-order valence-electron chi connectivity index (χ2n) is 8.54. The Morgan fingerprint density at radius 2 is 1.60 bits per heavy atom. The van der Waals surface area contributed by atoms with Crippen LogP contribution in [0.5, 0.6) is 0 Å². The van der Waals surface area contributed by atoms with Gasteiger partial charge in [0.05, 0.1) is 32.9 Å². The Morgan fingerprint density at radius 3 is 2.05 bits per heavy atom. The minimum atomic E-state index is -5.53. The number of nitrogens with two attached hydrogens (primary N) is 1. The molecule has 0 saturated carbocycles. The zero-order chi connectivity index (χ0) is 30.5. The highest BCUT2D eigenvalue weighted by Gasteiger charge is 2.60. The Morgan fingerprint density at radius 1 is 1.05 bits per heavy atom. The third kappa shape index (κ3) is 6.34. The van der Waals surface area contributed by atoms with E-state index in [0.29, 0.717) is 0 Å². The Balaban J connectivity index is 2.12. The maximum Gasteiger partial charge on any atom is 0.428 e. The van der Waals surface area contributed by atoms with Gasteiger partial charge in [-0.15, -0.1) is 0 Å². The van der Waals surface area contributed by atoms with E-state index in [1.54, 1.807) is 0 Å². The lowest BCUT2D eigenvalue weighted by atomic mass is 9.88. The number of hydrogen-bond acceptors (Lipinski definition) is 4. The summed E-state index contributed by atoms with van der Waals surface area (Å²) in [5, 5.41) is 6.08. The molecule has 1 aliphatic rings. The van der Waals surface area contributed by atoms with E-state index < -0.39 is 62.1 Å². The number of nitrogens with zero attached hydrogens (tertiary/aromatic N) is 1. The fourth-order valence-electron chi connectivity index (χ4n) is 3.55. The lowest BCUT2D eigenvalue weighted by Crippen LogP contribution is -2.43. The summed E-state index contributed by atoms with van der Waals surface area (Å²) < 4.78 is 135. The van der Waals surface area contributed by atoms with Crippen molar-refractivity contribution < 1.29 is 53.4 Å². The Kier molecular flexibility index (Phi) is 8.26. The molecule has 0 saturated heterocycles. The molecule has 2 aromatic carbocycles. The smallest absolute Gasteiger partial charge is 0.310 e. The van der Waals surface area contributed by atoms with Crippen molar-refractivity contribution in [3.05, 3.63) is 69.8 Å². The van der Waals surface area contributed by atoms with Crippen molar-refractivity contribution in [1.29, 1.82) is 0 Å². The topological polar surface area (TPSA) is 84.7 Å². The fourth-order valence-corrected chi connectivity index (χ4v) is 4.53. The predicted molar refractivity (Wildman–Crippen MR) is 130 cm³/mol. The zero-order valence-electron chi connectivity index (χ0n) is 20.3. The minimum Gasteiger partial charge on any atom is -0.310 e. The number of hydrogen-bond donors (Lipinski definition) is 2. The second kappa shape index (κ2) is 10.5. The van der Waals surface area contributed by atoms with E-state index in [0.717, 1.165) is 22.4 Å². The molecule has 0 aliphatic carbocycles. The SMILES string of the molecule is CCS(N)(=O)=CC(=O)N(C)c1ccc(C2=CC(c3cc(C(F)(F)F)cc(C(F)(F)F)c3)(C(F)(F)F)ON2)cc1Cl. The number of anilines is 1. The van der Waals surface area contributed by atoms with E-state index in [9.17, 15) is 48.5 Å². The van der Waals surface area contributed by atoms with E-state index in [1.807, 2.05) is 5.48 Å². The van der Waals surface area contributed by atoms with Crippen LogP contribution in [-0.2, 0) is 37.3 Å². The van der Waals surface area contributed by atoms with E-state index >= 15 is 0 Å². The molecule has 1 aliphatic heterocycles. The quantitative estimate of drug-likeness (QED) is 0.333.